The summed E-state index contributed by atoms with van der Waals surface area (Å²) in [5.41, 5.74) is 0.0372. The first-order valence-electron chi connectivity index (χ1n) is 8.71. The first-order valence-corrected chi connectivity index (χ1v) is 9.69. The lowest BCUT2D eigenvalue weighted by Crippen LogP contribution is -2.12. The van der Waals surface area contributed by atoms with E-state index in [0.29, 0.717) is 17.2 Å². The van der Waals surface area contributed by atoms with Crippen LogP contribution in [0.1, 0.15) is 61.9 Å². The molecule has 0 radical (unpaired) electrons. The van der Waals surface area contributed by atoms with Gasteiger partial charge in [-0.05, 0) is 31.4 Å². The molecule has 25 heavy (non-hydrogen) atoms. The van der Waals surface area contributed by atoms with Crippen LogP contribution in [0, 0.1) is 0 Å². The maximum atomic E-state index is 12.8. The molecule has 0 amide bonds. The van der Waals surface area contributed by atoms with Crippen LogP contribution in [0.2, 0.25) is 0 Å². The van der Waals surface area contributed by atoms with Crippen molar-refractivity contribution in [1.29, 1.82) is 0 Å². The van der Waals surface area contributed by atoms with E-state index in [-0.39, 0.29) is 0 Å². The zero-order chi connectivity index (χ0) is 17.9. The Morgan fingerprint density at radius 1 is 1.16 bits per heavy atom. The topological polar surface area (TPSA) is 30.7 Å². The van der Waals surface area contributed by atoms with Gasteiger partial charge in [-0.1, -0.05) is 49.2 Å². The summed E-state index contributed by atoms with van der Waals surface area (Å²) in [5, 5.41) is 9.49. The molecule has 3 nitrogen and oxygen atoms in total. The lowest BCUT2D eigenvalue weighted by atomic mass is 9.89. The lowest BCUT2D eigenvalue weighted by molar-refractivity contribution is -0.137. The van der Waals surface area contributed by atoms with Gasteiger partial charge in [0.1, 0.15) is 5.82 Å². The fourth-order valence-electron chi connectivity index (χ4n) is 3.35. The summed E-state index contributed by atoms with van der Waals surface area (Å²) in [4.78, 5) is 0. The first kappa shape index (κ1) is 18.3. The van der Waals surface area contributed by atoms with Gasteiger partial charge in [0.05, 0.1) is 5.56 Å². The van der Waals surface area contributed by atoms with Crippen LogP contribution in [0.25, 0.3) is 0 Å². The summed E-state index contributed by atoms with van der Waals surface area (Å²) in [5.74, 6) is 1.95. The summed E-state index contributed by atoms with van der Waals surface area (Å²) in [7, 11) is 0. The third-order valence-electron chi connectivity index (χ3n) is 4.65. The van der Waals surface area contributed by atoms with Crippen molar-refractivity contribution in [2.45, 2.75) is 68.6 Å². The highest BCUT2D eigenvalue weighted by atomic mass is 32.2. The van der Waals surface area contributed by atoms with E-state index in [0.717, 1.165) is 36.4 Å². The van der Waals surface area contributed by atoms with Gasteiger partial charge in [-0.25, -0.2) is 0 Å². The minimum atomic E-state index is -4.31. The monoisotopic (exact) mass is 369 g/mol. The normalized spacial score (nSPS) is 16.3. The lowest BCUT2D eigenvalue weighted by Gasteiger charge is -2.21. The second kappa shape index (κ2) is 7.81. The number of nitrogens with zero attached hydrogens (tertiary/aromatic N) is 3. The van der Waals surface area contributed by atoms with Crippen LogP contribution in [0.5, 0.6) is 0 Å². The van der Waals surface area contributed by atoms with Crippen molar-refractivity contribution in [3.63, 3.8) is 0 Å². The summed E-state index contributed by atoms with van der Waals surface area (Å²) in [6.45, 7) is 2.84. The molecular weight excluding hydrogens is 347 g/mol. The quantitative estimate of drug-likeness (QED) is 0.638. The molecule has 1 aliphatic rings. The molecule has 0 atom stereocenters. The molecule has 136 valence electrons. The van der Waals surface area contributed by atoms with Gasteiger partial charge in [0.25, 0.3) is 0 Å². The smallest absolute Gasteiger partial charge is 0.306 e. The zero-order valence-electron chi connectivity index (χ0n) is 14.2. The highest BCUT2D eigenvalue weighted by Crippen LogP contribution is 2.34. The largest absolute Gasteiger partial charge is 0.416 e. The molecule has 0 aliphatic heterocycles. The van der Waals surface area contributed by atoms with E-state index in [1.807, 2.05) is 0 Å². The molecule has 1 heterocycles. The average molecular weight is 369 g/mol. The van der Waals surface area contributed by atoms with Crippen molar-refractivity contribution in [1.82, 2.24) is 14.8 Å². The number of benzene rings is 1. The Labute approximate surface area is 150 Å². The van der Waals surface area contributed by atoms with Gasteiger partial charge in [0, 0.05) is 18.2 Å². The van der Waals surface area contributed by atoms with Gasteiger partial charge in [0.15, 0.2) is 5.16 Å². The molecule has 1 fully saturated rings. The maximum Gasteiger partial charge on any atom is 0.416 e. The van der Waals surface area contributed by atoms with Crippen LogP contribution < -0.4 is 0 Å². The van der Waals surface area contributed by atoms with Crippen molar-refractivity contribution in [3.8, 4) is 0 Å². The third-order valence-corrected chi connectivity index (χ3v) is 5.69. The maximum absolute atomic E-state index is 12.8. The van der Waals surface area contributed by atoms with E-state index in [9.17, 15) is 13.2 Å². The Hall–Kier alpha value is -1.50. The molecule has 0 bridgehead atoms. The van der Waals surface area contributed by atoms with Gasteiger partial charge >= 0.3 is 6.18 Å². The Morgan fingerprint density at radius 2 is 1.92 bits per heavy atom. The van der Waals surface area contributed by atoms with Gasteiger partial charge in [-0.2, -0.15) is 13.2 Å². The Balaban J connectivity index is 1.72. The fourth-order valence-corrected chi connectivity index (χ4v) is 4.30. The van der Waals surface area contributed by atoms with Crippen molar-refractivity contribution in [3.05, 3.63) is 41.2 Å². The minimum Gasteiger partial charge on any atom is -0.306 e. The highest BCUT2D eigenvalue weighted by Gasteiger charge is 2.30. The SMILES string of the molecule is CCn1c(SCc2cccc(C(F)(F)F)c2)nnc1C1CCCCC1. The van der Waals surface area contributed by atoms with E-state index in [4.69, 9.17) is 0 Å². The van der Waals surface area contributed by atoms with E-state index in [2.05, 4.69) is 21.7 Å². The van der Waals surface area contributed by atoms with E-state index in [1.54, 1.807) is 6.07 Å². The number of thioether (sulfide) groups is 1. The number of hydrogen-bond acceptors (Lipinski definition) is 3. The second-order valence-electron chi connectivity index (χ2n) is 6.41. The summed E-state index contributed by atoms with van der Waals surface area (Å²) in [6, 6.07) is 5.49. The zero-order valence-corrected chi connectivity index (χ0v) is 15.0. The van der Waals surface area contributed by atoms with E-state index >= 15 is 0 Å². The predicted octanol–water partition coefficient (Wildman–Crippen LogP) is 5.66. The number of halogens is 3. The molecule has 1 aliphatic carbocycles. The minimum absolute atomic E-state index is 0.451. The van der Waals surface area contributed by atoms with Gasteiger partial charge in [-0.3, -0.25) is 0 Å². The number of rotatable bonds is 5. The van der Waals surface area contributed by atoms with Crippen LogP contribution in [-0.2, 0) is 18.5 Å². The number of hydrogen-bond donors (Lipinski definition) is 0. The summed E-state index contributed by atoms with van der Waals surface area (Å²) in [6.07, 6.45) is 1.74. The molecule has 0 saturated heterocycles. The summed E-state index contributed by atoms with van der Waals surface area (Å²) < 4.78 is 40.6. The highest BCUT2D eigenvalue weighted by molar-refractivity contribution is 7.98. The second-order valence-corrected chi connectivity index (χ2v) is 7.35. The van der Waals surface area contributed by atoms with Gasteiger partial charge in [-0.15, -0.1) is 10.2 Å². The van der Waals surface area contributed by atoms with Crippen molar-refractivity contribution in [2.75, 3.05) is 0 Å². The molecule has 2 aromatic rings. The molecule has 7 heteroatoms. The molecule has 1 aromatic carbocycles. The molecular formula is C18H22F3N3S. The van der Waals surface area contributed by atoms with E-state index in [1.165, 1.54) is 43.2 Å². The number of aromatic nitrogens is 3. The average Bonchev–Trinajstić information content (AvgIpc) is 3.03. The molecule has 0 N–H and O–H groups in total. The predicted molar refractivity (Wildman–Crippen MR) is 92.5 cm³/mol. The standard InChI is InChI=1S/C18H22F3N3S/c1-2-24-16(14-8-4-3-5-9-14)22-23-17(24)25-12-13-7-6-10-15(11-13)18(19,20)21/h6-7,10-11,14H,2-5,8-9,12H2,1H3. The van der Waals surface area contributed by atoms with Crippen LogP contribution >= 0.6 is 11.8 Å². The molecule has 1 saturated carbocycles. The molecule has 0 spiro atoms. The Morgan fingerprint density at radius 3 is 2.60 bits per heavy atom. The van der Waals surface area contributed by atoms with Gasteiger partial charge in [0.2, 0.25) is 0 Å². The van der Waals surface area contributed by atoms with Crippen LogP contribution in [0.4, 0.5) is 13.2 Å². The van der Waals surface area contributed by atoms with Crippen LogP contribution in [0.3, 0.4) is 0 Å². The molecule has 3 rings (SSSR count). The molecule has 0 unspecified atom stereocenters. The first-order chi connectivity index (χ1) is 12.0. The summed E-state index contributed by atoms with van der Waals surface area (Å²) >= 11 is 1.45. The van der Waals surface area contributed by atoms with Crippen molar-refractivity contribution < 1.29 is 13.2 Å². The number of alkyl halides is 3. The fraction of sp³-hybridized carbons (Fsp3) is 0.556. The van der Waals surface area contributed by atoms with Gasteiger partial charge < -0.3 is 4.57 Å². The van der Waals surface area contributed by atoms with Crippen LogP contribution in [0.15, 0.2) is 29.4 Å². The van der Waals surface area contributed by atoms with Crippen molar-refractivity contribution in [2.24, 2.45) is 0 Å². The Kier molecular flexibility index (Phi) is 5.71. The van der Waals surface area contributed by atoms with Crippen LogP contribution in [-0.4, -0.2) is 14.8 Å². The molecule has 1 aromatic heterocycles. The van der Waals surface area contributed by atoms with Crippen molar-refractivity contribution >= 4 is 11.8 Å². The third kappa shape index (κ3) is 4.37. The Bertz CT molecular complexity index is 706. The van der Waals surface area contributed by atoms with E-state index < -0.39 is 11.7 Å².